The summed E-state index contributed by atoms with van der Waals surface area (Å²) in [5.41, 5.74) is 0.717. The third kappa shape index (κ3) is 3.01. The molecule has 0 aliphatic carbocycles. The first-order valence-electron chi connectivity index (χ1n) is 4.89. The van der Waals surface area contributed by atoms with Crippen molar-refractivity contribution in [2.75, 3.05) is 5.32 Å². The van der Waals surface area contributed by atoms with Crippen molar-refractivity contribution >= 4 is 45.8 Å². The van der Waals surface area contributed by atoms with Gasteiger partial charge >= 0.3 is 0 Å². The normalized spacial score (nSPS) is 10.3. The van der Waals surface area contributed by atoms with Gasteiger partial charge in [0.15, 0.2) is 5.76 Å². The van der Waals surface area contributed by atoms with E-state index >= 15 is 0 Å². The number of benzene rings is 1. The van der Waals surface area contributed by atoms with Crippen molar-refractivity contribution in [2.45, 2.75) is 6.92 Å². The average Bonchev–Trinajstić information content (AvgIpc) is 2.69. The highest BCUT2D eigenvalue weighted by atomic mass is 127. The molecule has 0 unspecified atom stereocenters. The highest BCUT2D eigenvalue weighted by Gasteiger charge is 2.11. The van der Waals surface area contributed by atoms with Crippen molar-refractivity contribution in [2.24, 2.45) is 0 Å². The summed E-state index contributed by atoms with van der Waals surface area (Å²) in [5.74, 6) is 0.743. The SMILES string of the molecule is Cc1ccc(C(=O)Nc2ccc(Cl)cc2I)o1. The molecule has 0 fully saturated rings. The van der Waals surface area contributed by atoms with Gasteiger partial charge < -0.3 is 9.73 Å². The molecule has 0 bridgehead atoms. The molecule has 0 aliphatic heterocycles. The maximum absolute atomic E-state index is 11.8. The van der Waals surface area contributed by atoms with E-state index < -0.39 is 0 Å². The van der Waals surface area contributed by atoms with Crippen molar-refractivity contribution in [3.05, 3.63) is 50.4 Å². The fourth-order valence-corrected chi connectivity index (χ4v) is 2.34. The van der Waals surface area contributed by atoms with Gasteiger partial charge in [0.2, 0.25) is 0 Å². The second kappa shape index (κ2) is 5.10. The first kappa shape index (κ1) is 12.4. The number of carbonyl (C=O) groups excluding carboxylic acids is 1. The van der Waals surface area contributed by atoms with Crippen LogP contribution in [0.5, 0.6) is 0 Å². The number of nitrogens with one attached hydrogen (secondary N) is 1. The number of furan rings is 1. The molecule has 0 atom stereocenters. The minimum Gasteiger partial charge on any atom is -0.456 e. The first-order valence-corrected chi connectivity index (χ1v) is 6.35. The van der Waals surface area contributed by atoms with Crippen LogP contribution in [0.3, 0.4) is 0 Å². The van der Waals surface area contributed by atoms with E-state index in [1.54, 1.807) is 37.3 Å². The lowest BCUT2D eigenvalue weighted by atomic mass is 10.3. The van der Waals surface area contributed by atoms with Crippen molar-refractivity contribution < 1.29 is 9.21 Å². The quantitative estimate of drug-likeness (QED) is 0.818. The number of carbonyl (C=O) groups is 1. The summed E-state index contributed by atoms with van der Waals surface area (Å²) < 4.78 is 6.12. The van der Waals surface area contributed by atoms with Crippen LogP contribution in [-0.2, 0) is 0 Å². The lowest BCUT2D eigenvalue weighted by Crippen LogP contribution is -2.11. The van der Waals surface area contributed by atoms with Gasteiger partial charge in [-0.3, -0.25) is 4.79 Å². The first-order chi connectivity index (χ1) is 8.06. The van der Waals surface area contributed by atoms with Crippen molar-refractivity contribution in [1.29, 1.82) is 0 Å². The maximum Gasteiger partial charge on any atom is 0.291 e. The molecule has 0 saturated carbocycles. The lowest BCUT2D eigenvalue weighted by Gasteiger charge is -2.05. The largest absolute Gasteiger partial charge is 0.456 e. The minimum atomic E-state index is -0.265. The van der Waals surface area contributed by atoms with Gasteiger partial charge in [-0.05, 0) is 59.8 Å². The van der Waals surface area contributed by atoms with Gasteiger partial charge in [0.1, 0.15) is 5.76 Å². The van der Waals surface area contributed by atoms with E-state index in [1.807, 2.05) is 0 Å². The molecule has 1 aromatic carbocycles. The van der Waals surface area contributed by atoms with Crippen LogP contribution in [0.25, 0.3) is 0 Å². The van der Waals surface area contributed by atoms with Crippen molar-refractivity contribution in [3.8, 4) is 0 Å². The van der Waals surface area contributed by atoms with Gasteiger partial charge in [0.05, 0.1) is 5.69 Å². The van der Waals surface area contributed by atoms with Crippen LogP contribution >= 0.6 is 34.2 Å². The molecule has 2 rings (SSSR count). The van der Waals surface area contributed by atoms with E-state index in [0.717, 1.165) is 3.57 Å². The Morgan fingerprint density at radius 2 is 2.12 bits per heavy atom. The van der Waals surface area contributed by atoms with Gasteiger partial charge in [-0.2, -0.15) is 0 Å². The number of anilines is 1. The second-order valence-electron chi connectivity index (χ2n) is 3.49. The zero-order valence-corrected chi connectivity index (χ0v) is 11.9. The van der Waals surface area contributed by atoms with Gasteiger partial charge in [-0.25, -0.2) is 0 Å². The van der Waals surface area contributed by atoms with Crippen molar-refractivity contribution in [3.63, 3.8) is 0 Å². The molecule has 1 heterocycles. The van der Waals surface area contributed by atoms with Crippen LogP contribution in [0.2, 0.25) is 5.02 Å². The van der Waals surface area contributed by atoms with Crippen LogP contribution in [0.1, 0.15) is 16.3 Å². The Kier molecular flexibility index (Phi) is 3.73. The highest BCUT2D eigenvalue weighted by Crippen LogP contribution is 2.23. The average molecular weight is 362 g/mol. The van der Waals surface area contributed by atoms with Crippen LogP contribution < -0.4 is 5.32 Å². The molecule has 0 aliphatic rings. The van der Waals surface area contributed by atoms with E-state index in [2.05, 4.69) is 27.9 Å². The number of halogens is 2. The summed E-state index contributed by atoms with van der Waals surface area (Å²) in [5, 5.41) is 3.41. The number of hydrogen-bond donors (Lipinski definition) is 1. The molecule has 17 heavy (non-hydrogen) atoms. The molecular weight excluding hydrogens is 352 g/mol. The summed E-state index contributed by atoms with van der Waals surface area (Å²) in [6.07, 6.45) is 0. The van der Waals surface area contributed by atoms with Crippen LogP contribution in [0, 0.1) is 10.5 Å². The van der Waals surface area contributed by atoms with Crippen LogP contribution in [-0.4, -0.2) is 5.91 Å². The standard InChI is InChI=1S/C12H9ClINO2/c1-7-2-5-11(17-7)12(16)15-10-4-3-8(13)6-9(10)14/h2-6H,1H3,(H,15,16). The Labute approximate surface area is 117 Å². The molecule has 88 valence electrons. The number of amides is 1. The van der Waals surface area contributed by atoms with E-state index in [9.17, 15) is 4.79 Å². The fraction of sp³-hybridized carbons (Fsp3) is 0.0833. The number of aryl methyl sites for hydroxylation is 1. The molecule has 0 saturated heterocycles. The van der Waals surface area contributed by atoms with E-state index in [-0.39, 0.29) is 5.91 Å². The van der Waals surface area contributed by atoms with Crippen LogP contribution in [0.4, 0.5) is 5.69 Å². The predicted molar refractivity (Wildman–Crippen MR) is 75.6 cm³/mol. The second-order valence-corrected chi connectivity index (χ2v) is 5.09. The molecule has 3 nitrogen and oxygen atoms in total. The number of rotatable bonds is 2. The van der Waals surface area contributed by atoms with E-state index in [0.29, 0.717) is 22.2 Å². The Balaban J connectivity index is 2.18. The summed E-state index contributed by atoms with van der Waals surface area (Å²) in [6, 6.07) is 8.67. The molecule has 1 amide bonds. The Bertz CT molecular complexity index is 565. The third-order valence-corrected chi connectivity index (χ3v) is 3.27. The number of hydrogen-bond acceptors (Lipinski definition) is 2. The van der Waals surface area contributed by atoms with E-state index in [1.165, 1.54) is 0 Å². The summed E-state index contributed by atoms with van der Waals surface area (Å²) in [6.45, 7) is 1.79. The molecule has 0 radical (unpaired) electrons. The van der Waals surface area contributed by atoms with Gasteiger partial charge in [0, 0.05) is 8.59 Å². The zero-order chi connectivity index (χ0) is 12.4. The minimum absolute atomic E-state index is 0.265. The molecule has 2 aromatic rings. The van der Waals surface area contributed by atoms with Gasteiger partial charge in [-0.1, -0.05) is 11.6 Å². The van der Waals surface area contributed by atoms with Gasteiger partial charge in [0.25, 0.3) is 5.91 Å². The van der Waals surface area contributed by atoms with Gasteiger partial charge in [-0.15, -0.1) is 0 Å². The van der Waals surface area contributed by atoms with Crippen molar-refractivity contribution in [1.82, 2.24) is 0 Å². The Hall–Kier alpha value is -1.01. The molecule has 1 N–H and O–H groups in total. The summed E-state index contributed by atoms with van der Waals surface area (Å²) in [7, 11) is 0. The fourth-order valence-electron chi connectivity index (χ4n) is 1.33. The zero-order valence-electron chi connectivity index (χ0n) is 8.96. The maximum atomic E-state index is 11.8. The third-order valence-electron chi connectivity index (χ3n) is 2.14. The lowest BCUT2D eigenvalue weighted by molar-refractivity contribution is 0.0995. The topological polar surface area (TPSA) is 42.2 Å². The summed E-state index contributed by atoms with van der Waals surface area (Å²) in [4.78, 5) is 11.8. The van der Waals surface area contributed by atoms with E-state index in [4.69, 9.17) is 16.0 Å². The summed E-state index contributed by atoms with van der Waals surface area (Å²) >= 11 is 7.95. The van der Waals surface area contributed by atoms with Crippen LogP contribution in [0.15, 0.2) is 34.7 Å². The molecule has 1 aromatic heterocycles. The Morgan fingerprint density at radius 3 is 2.71 bits per heavy atom. The smallest absolute Gasteiger partial charge is 0.291 e. The monoisotopic (exact) mass is 361 g/mol. The molecule has 5 heteroatoms. The highest BCUT2D eigenvalue weighted by molar-refractivity contribution is 14.1. The molecular formula is C12H9ClINO2. The Morgan fingerprint density at radius 1 is 1.35 bits per heavy atom. The molecule has 0 spiro atoms. The predicted octanol–water partition coefficient (Wildman–Crippen LogP) is 4.10.